The first-order valence-corrected chi connectivity index (χ1v) is 8.57. The quantitative estimate of drug-likeness (QED) is 0.459. The van der Waals surface area contributed by atoms with E-state index in [-0.39, 0.29) is 32.7 Å². The van der Waals surface area contributed by atoms with Gasteiger partial charge >= 0.3 is 0 Å². The first kappa shape index (κ1) is 20.8. The molecule has 0 bridgehead atoms. The molecule has 1 heterocycles. The number of nitrogens with one attached hydrogen (secondary N) is 1. The van der Waals surface area contributed by atoms with Crippen molar-refractivity contribution in [3.05, 3.63) is 78.0 Å². The van der Waals surface area contributed by atoms with E-state index in [1.54, 1.807) is 0 Å². The fourth-order valence-electron chi connectivity index (χ4n) is 2.66. The maximum Gasteiger partial charge on any atom is 0.130 e. The van der Waals surface area contributed by atoms with Crippen molar-refractivity contribution in [2.45, 2.75) is 6.42 Å². The summed E-state index contributed by atoms with van der Waals surface area (Å²) in [6.45, 7) is 1.95. The molecule has 0 aliphatic rings. The third-order valence-corrected chi connectivity index (χ3v) is 3.92. The Balaban J connectivity index is 0.00000243. The number of anilines is 1. The van der Waals surface area contributed by atoms with E-state index in [1.807, 2.05) is 36.4 Å². The van der Waals surface area contributed by atoms with Gasteiger partial charge in [0.1, 0.15) is 5.82 Å². The molecule has 0 aliphatic carbocycles. The van der Waals surface area contributed by atoms with Crippen LogP contribution in [0.4, 0.5) is 5.82 Å². The van der Waals surface area contributed by atoms with Gasteiger partial charge in [-0.3, -0.25) is 10.5 Å². The molecule has 0 saturated carbocycles. The van der Waals surface area contributed by atoms with Crippen molar-refractivity contribution in [3.8, 4) is 0 Å². The molecule has 3 rings (SSSR count). The van der Waals surface area contributed by atoms with Crippen molar-refractivity contribution in [3.63, 3.8) is 0 Å². The van der Waals surface area contributed by atoms with Crippen LogP contribution in [0.3, 0.4) is 0 Å². The van der Waals surface area contributed by atoms with E-state index in [4.69, 9.17) is 4.98 Å². The van der Waals surface area contributed by atoms with Gasteiger partial charge in [-0.05, 0) is 27.1 Å². The van der Waals surface area contributed by atoms with E-state index >= 15 is 0 Å². The largest absolute Gasteiger partial charge is 0.370 e. The van der Waals surface area contributed by atoms with E-state index in [9.17, 15) is 0 Å². The predicted octanol–water partition coefficient (Wildman–Crippen LogP) is 4.26. The zero-order chi connectivity index (χ0) is 17.5. The molecule has 0 amide bonds. The summed E-state index contributed by atoms with van der Waals surface area (Å²) in [6.07, 6.45) is 6.29. The topological polar surface area (TPSA) is 28.2 Å². The maximum absolute atomic E-state index is 4.75. The van der Waals surface area contributed by atoms with Crippen molar-refractivity contribution in [1.29, 1.82) is 0 Å². The van der Waals surface area contributed by atoms with E-state index in [2.05, 4.69) is 60.7 Å². The van der Waals surface area contributed by atoms with Gasteiger partial charge in [-0.1, -0.05) is 35.3 Å². The van der Waals surface area contributed by atoms with Crippen LogP contribution in [0.2, 0.25) is 0 Å². The van der Waals surface area contributed by atoms with Gasteiger partial charge in [0.15, 0.2) is 0 Å². The average Bonchev–Trinajstić information content (AvgIpc) is 2.64. The molecular formula is C22H23N3Y-2. The number of fused-ring (bicyclic) bond motifs is 1. The minimum atomic E-state index is 0. The number of hydrogen-bond donors (Lipinski definition) is 1. The normalized spacial score (nSPS) is 11.0. The van der Waals surface area contributed by atoms with Crippen LogP contribution < -0.4 is 5.32 Å². The van der Waals surface area contributed by atoms with Gasteiger partial charge in [0.2, 0.25) is 0 Å². The van der Waals surface area contributed by atoms with Crippen molar-refractivity contribution < 1.29 is 32.7 Å². The van der Waals surface area contributed by atoms with E-state index in [1.165, 1.54) is 5.39 Å². The van der Waals surface area contributed by atoms with Crippen molar-refractivity contribution >= 4 is 22.7 Å². The second kappa shape index (κ2) is 10.6. The van der Waals surface area contributed by atoms with Gasteiger partial charge in [0.25, 0.3) is 0 Å². The van der Waals surface area contributed by atoms with Gasteiger partial charge < -0.3 is 10.2 Å². The van der Waals surface area contributed by atoms with Crippen molar-refractivity contribution in [2.24, 2.45) is 0 Å². The SMILES string of the molecule is CN(C)CCCNc1nc([C-]=Cc2[c-]cccc2)cc2ccccc12.[Y]. The minimum Gasteiger partial charge on any atom is -0.370 e. The molecule has 0 saturated heterocycles. The molecule has 3 nitrogen and oxygen atoms in total. The Kier molecular flexibility index (Phi) is 8.44. The summed E-state index contributed by atoms with van der Waals surface area (Å²) in [7, 11) is 4.18. The Morgan fingerprint density at radius 2 is 1.96 bits per heavy atom. The van der Waals surface area contributed by atoms with Crippen LogP contribution in [-0.2, 0) is 32.7 Å². The molecule has 0 fully saturated rings. The number of aromatic nitrogens is 1. The summed E-state index contributed by atoms with van der Waals surface area (Å²) in [6, 6.07) is 21.4. The van der Waals surface area contributed by atoms with Crippen LogP contribution >= 0.6 is 0 Å². The molecule has 0 atom stereocenters. The first-order chi connectivity index (χ1) is 12.2. The molecule has 1 N–H and O–H groups in total. The van der Waals surface area contributed by atoms with Crippen molar-refractivity contribution in [1.82, 2.24) is 9.88 Å². The van der Waals surface area contributed by atoms with Crippen LogP contribution in [0.15, 0.2) is 54.6 Å². The van der Waals surface area contributed by atoms with Crippen LogP contribution in [0.25, 0.3) is 16.8 Å². The molecule has 26 heavy (non-hydrogen) atoms. The molecule has 131 valence electrons. The third kappa shape index (κ3) is 6.01. The molecule has 0 aliphatic heterocycles. The molecule has 2 aromatic carbocycles. The summed E-state index contributed by atoms with van der Waals surface area (Å²) in [5, 5.41) is 5.79. The standard InChI is InChI=1S/C22H23N3.Y/c1-25(2)16-8-15-23-22-21-12-7-6-11-19(21)17-20(24-22)14-13-18-9-4-3-5-10-18;/h3-7,9,11-13,17H,8,15-16H2,1-2H3,(H,23,24);/q-2;. The van der Waals surface area contributed by atoms with Crippen LogP contribution in [0, 0.1) is 12.1 Å². The Morgan fingerprint density at radius 3 is 2.73 bits per heavy atom. The summed E-state index contributed by atoms with van der Waals surface area (Å²) < 4.78 is 0. The van der Waals surface area contributed by atoms with Crippen LogP contribution in [0.1, 0.15) is 17.7 Å². The number of pyridine rings is 1. The molecule has 1 radical (unpaired) electrons. The smallest absolute Gasteiger partial charge is 0.130 e. The zero-order valence-electron chi connectivity index (χ0n) is 15.4. The molecule has 1 aromatic heterocycles. The average molecular weight is 418 g/mol. The number of benzene rings is 2. The van der Waals surface area contributed by atoms with Gasteiger partial charge in [0, 0.05) is 44.6 Å². The number of hydrogen-bond acceptors (Lipinski definition) is 3. The Morgan fingerprint density at radius 1 is 1.15 bits per heavy atom. The number of nitrogens with zero attached hydrogens (tertiary/aromatic N) is 2. The summed E-state index contributed by atoms with van der Waals surface area (Å²) >= 11 is 0. The van der Waals surface area contributed by atoms with Gasteiger partial charge in [-0.2, -0.15) is 18.2 Å². The molecule has 3 aromatic rings. The summed E-state index contributed by atoms with van der Waals surface area (Å²) in [5.41, 5.74) is 1.82. The Labute approximate surface area is 181 Å². The van der Waals surface area contributed by atoms with Gasteiger partial charge in [-0.25, -0.2) is 18.2 Å². The summed E-state index contributed by atoms with van der Waals surface area (Å²) in [4.78, 5) is 6.94. The fourth-order valence-corrected chi connectivity index (χ4v) is 2.66. The fraction of sp³-hybridized carbons (Fsp3) is 0.227. The Hall–Kier alpha value is -1.55. The second-order valence-electron chi connectivity index (χ2n) is 6.27. The van der Waals surface area contributed by atoms with Crippen LogP contribution in [-0.4, -0.2) is 37.1 Å². The third-order valence-electron chi connectivity index (χ3n) is 3.92. The molecular weight excluding hydrogens is 395 g/mol. The summed E-state index contributed by atoms with van der Waals surface area (Å²) in [5.74, 6) is 0.921. The van der Waals surface area contributed by atoms with Crippen molar-refractivity contribution in [2.75, 3.05) is 32.5 Å². The van der Waals surface area contributed by atoms with E-state index in [0.29, 0.717) is 0 Å². The zero-order valence-corrected chi connectivity index (χ0v) is 18.2. The number of rotatable bonds is 7. The monoisotopic (exact) mass is 418 g/mol. The first-order valence-electron chi connectivity index (χ1n) is 8.57. The van der Waals surface area contributed by atoms with Gasteiger partial charge in [0.05, 0.1) is 0 Å². The van der Waals surface area contributed by atoms with E-state index < -0.39 is 0 Å². The van der Waals surface area contributed by atoms with Gasteiger partial charge in [-0.15, -0.1) is 12.1 Å². The van der Waals surface area contributed by atoms with E-state index in [0.717, 1.165) is 42.0 Å². The second-order valence-corrected chi connectivity index (χ2v) is 6.27. The molecule has 0 unspecified atom stereocenters. The van der Waals surface area contributed by atoms with Crippen LogP contribution in [0.5, 0.6) is 0 Å². The minimum absolute atomic E-state index is 0. The molecule has 0 spiro atoms. The Bertz CT molecular complexity index is 844. The molecule has 4 heteroatoms. The predicted molar refractivity (Wildman–Crippen MR) is 105 cm³/mol. The maximum atomic E-state index is 4.75.